The van der Waals surface area contributed by atoms with Crippen LogP contribution in [0.5, 0.6) is 0 Å². The van der Waals surface area contributed by atoms with Gasteiger partial charge in [-0.15, -0.1) is 11.3 Å². The summed E-state index contributed by atoms with van der Waals surface area (Å²) in [7, 11) is 0. The molecule has 0 saturated carbocycles. The molecule has 1 aliphatic rings. The van der Waals surface area contributed by atoms with E-state index in [0.717, 1.165) is 30.5 Å². The zero-order valence-electron chi connectivity index (χ0n) is 22.5. The average Bonchev–Trinajstić information content (AvgIpc) is 3.23. The van der Waals surface area contributed by atoms with Gasteiger partial charge in [-0.2, -0.15) is 0 Å². The third kappa shape index (κ3) is 7.60. The van der Waals surface area contributed by atoms with Gasteiger partial charge in [-0.05, 0) is 57.6 Å². The van der Waals surface area contributed by atoms with Gasteiger partial charge in [-0.3, -0.25) is 4.79 Å². The quantitative estimate of drug-likeness (QED) is 0.127. The highest BCUT2D eigenvalue weighted by molar-refractivity contribution is 7.09. The summed E-state index contributed by atoms with van der Waals surface area (Å²) in [4.78, 5) is 20.1. The molecule has 0 aromatic carbocycles. The highest BCUT2D eigenvalue weighted by Gasteiger charge is 2.52. The largest absolute Gasteiger partial charge is 0.392 e. The Morgan fingerprint density at radius 2 is 2.06 bits per heavy atom. The van der Waals surface area contributed by atoms with Crippen molar-refractivity contribution in [1.29, 1.82) is 0 Å². The fourth-order valence-electron chi connectivity index (χ4n) is 4.58. The fourth-order valence-corrected chi connectivity index (χ4v) is 5.19. The molecule has 202 valence electrons. The average molecular weight is 523 g/mol. The number of epoxide rings is 1. The van der Waals surface area contributed by atoms with Crippen molar-refractivity contribution in [3.05, 3.63) is 32.1 Å². The summed E-state index contributed by atoms with van der Waals surface area (Å²) in [5, 5.41) is 36.4. The van der Waals surface area contributed by atoms with Crippen molar-refractivity contribution in [2.45, 2.75) is 111 Å². The van der Waals surface area contributed by atoms with Gasteiger partial charge in [0.25, 0.3) is 0 Å². The van der Waals surface area contributed by atoms with E-state index in [2.05, 4.69) is 21.9 Å². The van der Waals surface area contributed by atoms with Crippen molar-refractivity contribution in [2.75, 3.05) is 0 Å². The molecule has 0 bridgehead atoms. The first-order valence-corrected chi connectivity index (χ1v) is 13.5. The monoisotopic (exact) mass is 522 g/mol. The Kier molecular flexibility index (Phi) is 10.7. The number of hydrogen-bond donors (Lipinski definition) is 3. The highest BCUT2D eigenvalue weighted by Crippen LogP contribution is 2.44. The Morgan fingerprint density at radius 3 is 2.61 bits per heavy atom. The van der Waals surface area contributed by atoms with Crippen LogP contribution in [0.1, 0.15) is 84.9 Å². The van der Waals surface area contributed by atoms with Crippen molar-refractivity contribution in [3.63, 3.8) is 0 Å². The first-order chi connectivity index (χ1) is 16.8. The van der Waals surface area contributed by atoms with Gasteiger partial charge in [0.1, 0.15) is 10.8 Å². The molecule has 3 N–H and O–H groups in total. The van der Waals surface area contributed by atoms with Crippen LogP contribution in [0.15, 0.2) is 16.1 Å². The zero-order valence-corrected chi connectivity index (χ0v) is 23.3. The lowest BCUT2D eigenvalue weighted by atomic mass is 9.74. The molecule has 0 aliphatic carbocycles. The third-order valence-corrected chi connectivity index (χ3v) is 8.64. The predicted octanol–water partition coefficient (Wildman–Crippen LogP) is 5.04. The van der Waals surface area contributed by atoms with Crippen LogP contribution in [0.3, 0.4) is 0 Å². The normalized spacial score (nSPS) is 24.4. The van der Waals surface area contributed by atoms with Gasteiger partial charge >= 0.3 is 0 Å². The number of ether oxygens (including phenoxy) is 1. The first kappa shape index (κ1) is 30.4. The zero-order chi connectivity index (χ0) is 27.3. The molecule has 0 amide bonds. The maximum absolute atomic E-state index is 12.8. The highest BCUT2D eigenvalue weighted by atomic mass is 32.1. The second-order valence-electron chi connectivity index (χ2n) is 11.0. The van der Waals surface area contributed by atoms with Crippen LogP contribution in [-0.4, -0.2) is 56.0 Å². The summed E-state index contributed by atoms with van der Waals surface area (Å²) in [6.45, 7) is 12.6. The fraction of sp³-hybridized carbons (Fsp3) is 0.769. The van der Waals surface area contributed by atoms with Gasteiger partial charge in [-0.1, -0.05) is 44.8 Å². The lowest BCUT2D eigenvalue weighted by molar-refractivity contribution is -0.140. The van der Waals surface area contributed by atoms with Crippen LogP contribution in [0.25, 0.3) is 16.5 Å². The summed E-state index contributed by atoms with van der Waals surface area (Å²) < 4.78 is 6.00. The first-order valence-electron chi connectivity index (χ1n) is 12.6. The van der Waals surface area contributed by atoms with E-state index in [-0.39, 0.29) is 36.1 Å². The van der Waals surface area contributed by atoms with Crippen molar-refractivity contribution >= 4 is 23.2 Å². The van der Waals surface area contributed by atoms with E-state index < -0.39 is 23.5 Å². The van der Waals surface area contributed by atoms with Crippen LogP contribution in [0, 0.1) is 17.3 Å². The van der Waals surface area contributed by atoms with Crippen LogP contribution in [0.2, 0.25) is 0 Å². The standard InChI is InChI=1S/C26H42N4O5S/c1-15(23(33)17(3)24(34)25(5,6)18(4)32)9-8-10-26(7)21(35-26)12-20(29-30-27)16(2)11-19-14-36-22(13-31)28-19/h11,14-15,17-18,20-21,23,31-33H,8-10,12-13H2,1-7H3/t15-,17+,18-,20-,21-,23-,26+/m0/s1. The number of Topliss-reactive ketones (excluding diaryl/α,β-unsaturated/α-hetero) is 1. The van der Waals surface area contributed by atoms with Crippen LogP contribution in [-0.2, 0) is 16.1 Å². The van der Waals surface area contributed by atoms with E-state index in [0.29, 0.717) is 11.4 Å². The van der Waals surface area contributed by atoms with Gasteiger partial charge in [0.2, 0.25) is 0 Å². The number of rotatable bonds is 15. The summed E-state index contributed by atoms with van der Waals surface area (Å²) in [6.07, 6.45) is 3.22. The van der Waals surface area contributed by atoms with Gasteiger partial charge in [0.05, 0.1) is 42.3 Å². The van der Waals surface area contributed by atoms with Crippen LogP contribution < -0.4 is 0 Å². The Bertz CT molecular complexity index is 971. The molecule has 2 heterocycles. The Hall–Kier alpha value is -1.81. The van der Waals surface area contributed by atoms with E-state index in [1.165, 1.54) is 11.3 Å². The Balaban J connectivity index is 1.88. The number of ketones is 1. The lowest BCUT2D eigenvalue weighted by Gasteiger charge is -2.33. The molecule has 1 fully saturated rings. The van der Waals surface area contributed by atoms with Gasteiger partial charge in [0, 0.05) is 21.6 Å². The maximum Gasteiger partial charge on any atom is 0.146 e. The molecule has 0 unspecified atom stereocenters. The molecule has 1 aliphatic heterocycles. The number of azide groups is 1. The number of aliphatic hydroxyl groups excluding tert-OH is 3. The minimum atomic E-state index is -0.904. The molecule has 0 spiro atoms. The number of hydrogen-bond acceptors (Lipinski definition) is 8. The topological polar surface area (TPSA) is 152 Å². The molecule has 0 radical (unpaired) electrons. The van der Waals surface area contributed by atoms with Crippen molar-refractivity contribution in [3.8, 4) is 0 Å². The smallest absolute Gasteiger partial charge is 0.146 e. The summed E-state index contributed by atoms with van der Waals surface area (Å²) >= 11 is 1.38. The van der Waals surface area contributed by atoms with Gasteiger partial charge < -0.3 is 20.1 Å². The lowest BCUT2D eigenvalue weighted by Crippen LogP contribution is -2.43. The van der Waals surface area contributed by atoms with Gasteiger partial charge in [0.15, 0.2) is 0 Å². The molecule has 2 rings (SSSR count). The third-order valence-electron chi connectivity index (χ3n) is 7.79. The summed E-state index contributed by atoms with van der Waals surface area (Å²) in [6, 6.07) is -0.356. The van der Waals surface area contributed by atoms with Gasteiger partial charge in [-0.25, -0.2) is 4.98 Å². The van der Waals surface area contributed by atoms with E-state index in [1.807, 2.05) is 25.3 Å². The minimum absolute atomic E-state index is 0.0349. The summed E-state index contributed by atoms with van der Waals surface area (Å²) in [5.74, 6) is -0.764. The molecular formula is C26H42N4O5S. The van der Waals surface area contributed by atoms with Crippen LogP contribution >= 0.6 is 11.3 Å². The SMILES string of the molecule is CC(=Cc1csc(CO)n1)[C@H](C[C@@H]1O[C@]1(C)CCC[C@H](C)[C@H](O)[C@@H](C)C(=O)C(C)(C)[C@H](C)O)N=[N+]=[N-]. The molecule has 1 aromatic rings. The Morgan fingerprint density at radius 1 is 1.39 bits per heavy atom. The summed E-state index contributed by atoms with van der Waals surface area (Å²) in [5.41, 5.74) is 9.46. The van der Waals surface area contributed by atoms with E-state index in [4.69, 9.17) is 10.3 Å². The molecule has 7 atom stereocenters. The number of nitrogens with zero attached hydrogens (tertiary/aromatic N) is 4. The number of aromatic nitrogens is 1. The Labute approximate surface area is 218 Å². The molecular weight excluding hydrogens is 480 g/mol. The van der Waals surface area contributed by atoms with E-state index >= 15 is 0 Å². The minimum Gasteiger partial charge on any atom is -0.392 e. The predicted molar refractivity (Wildman–Crippen MR) is 141 cm³/mol. The molecule has 9 nitrogen and oxygen atoms in total. The van der Waals surface area contributed by atoms with E-state index in [1.54, 1.807) is 27.7 Å². The van der Waals surface area contributed by atoms with Crippen LogP contribution in [0.4, 0.5) is 0 Å². The second-order valence-corrected chi connectivity index (χ2v) is 11.9. The number of thiazole rings is 1. The van der Waals surface area contributed by atoms with Crippen molar-refractivity contribution in [2.24, 2.45) is 22.4 Å². The maximum atomic E-state index is 12.8. The van der Waals surface area contributed by atoms with Crippen molar-refractivity contribution in [1.82, 2.24) is 4.98 Å². The number of aliphatic hydroxyl groups is 3. The molecule has 10 heteroatoms. The number of carbonyl (C=O) groups excluding carboxylic acids is 1. The van der Waals surface area contributed by atoms with E-state index in [9.17, 15) is 20.1 Å². The molecule has 36 heavy (non-hydrogen) atoms. The molecule has 1 aromatic heterocycles. The molecule has 1 saturated heterocycles. The second kappa shape index (κ2) is 12.6. The number of carbonyl (C=O) groups is 1. The van der Waals surface area contributed by atoms with Crippen molar-refractivity contribution < 1.29 is 24.9 Å².